The van der Waals surface area contributed by atoms with Crippen LogP contribution in [0.25, 0.3) is 0 Å². The van der Waals surface area contributed by atoms with Crippen molar-refractivity contribution < 1.29 is 9.59 Å². The average molecular weight is 388 g/mol. The molecule has 3 rings (SSSR count). The van der Waals surface area contributed by atoms with Gasteiger partial charge in [0.05, 0.1) is 0 Å². The van der Waals surface area contributed by atoms with Gasteiger partial charge in [0.25, 0.3) is 0 Å². The number of rotatable bonds is 5. The smallest absolute Gasteiger partial charge is 0.244 e. The minimum atomic E-state index is -1.08. The maximum atomic E-state index is 12.5. The van der Waals surface area contributed by atoms with Gasteiger partial charge in [0, 0.05) is 25.2 Å². The van der Waals surface area contributed by atoms with Crippen LogP contribution in [0.4, 0.5) is 5.69 Å². The van der Waals surface area contributed by atoms with Gasteiger partial charge in [0.15, 0.2) is 0 Å². The van der Waals surface area contributed by atoms with Crippen LogP contribution in [0.15, 0.2) is 54.6 Å². The number of amides is 2. The van der Waals surface area contributed by atoms with E-state index >= 15 is 0 Å². The summed E-state index contributed by atoms with van der Waals surface area (Å²) in [5.74, 6) is -0.0435. The minimum absolute atomic E-state index is 0. The molecule has 0 saturated carbocycles. The van der Waals surface area contributed by atoms with Crippen LogP contribution in [-0.4, -0.2) is 18.4 Å². The molecule has 1 saturated heterocycles. The van der Waals surface area contributed by atoms with Crippen molar-refractivity contribution in [2.75, 3.05) is 11.4 Å². The maximum Gasteiger partial charge on any atom is 0.244 e. The van der Waals surface area contributed by atoms with E-state index in [1.54, 1.807) is 6.92 Å². The molecule has 0 aromatic heterocycles. The molecule has 1 atom stereocenters. The number of carbonyl (C=O) groups excluding carboxylic acids is 2. The second-order valence-corrected chi connectivity index (χ2v) is 6.92. The van der Waals surface area contributed by atoms with E-state index in [4.69, 9.17) is 5.73 Å². The summed E-state index contributed by atoms with van der Waals surface area (Å²) >= 11 is 0. The molecule has 0 spiro atoms. The van der Waals surface area contributed by atoms with Crippen LogP contribution in [-0.2, 0) is 21.7 Å². The molecular formula is C21H26ClN3O2. The molecular weight excluding hydrogens is 362 g/mol. The molecule has 27 heavy (non-hydrogen) atoms. The fourth-order valence-corrected chi connectivity index (χ4v) is 3.15. The van der Waals surface area contributed by atoms with Crippen LogP contribution in [0.3, 0.4) is 0 Å². The van der Waals surface area contributed by atoms with E-state index in [0.717, 1.165) is 36.2 Å². The molecule has 1 heterocycles. The quantitative estimate of drug-likeness (QED) is 0.827. The Bertz CT molecular complexity index is 776. The summed E-state index contributed by atoms with van der Waals surface area (Å²) in [5.41, 5.74) is 7.80. The number of piperidine rings is 1. The summed E-state index contributed by atoms with van der Waals surface area (Å²) in [6.45, 7) is 2.88. The number of halogens is 1. The predicted molar refractivity (Wildman–Crippen MR) is 110 cm³/mol. The van der Waals surface area contributed by atoms with Gasteiger partial charge in [-0.25, -0.2) is 0 Å². The molecule has 1 aliphatic heterocycles. The second kappa shape index (κ2) is 9.02. The number of hydrogen-bond acceptors (Lipinski definition) is 3. The number of carbonyl (C=O) groups is 2. The zero-order chi connectivity index (χ0) is 18.6. The van der Waals surface area contributed by atoms with Crippen molar-refractivity contribution in [3.63, 3.8) is 0 Å². The molecule has 1 aliphatic rings. The van der Waals surface area contributed by atoms with Crippen molar-refractivity contribution in [2.45, 2.75) is 38.3 Å². The number of nitrogens with one attached hydrogen (secondary N) is 1. The summed E-state index contributed by atoms with van der Waals surface area (Å²) in [6.07, 6.45) is 2.63. The lowest BCUT2D eigenvalue weighted by molar-refractivity contribution is -0.126. The maximum absolute atomic E-state index is 12.5. The lowest BCUT2D eigenvalue weighted by atomic mass is 9.92. The Balaban J connectivity index is 0.00000261. The van der Waals surface area contributed by atoms with E-state index in [1.165, 1.54) is 0 Å². The first-order valence-electron chi connectivity index (χ1n) is 9.00. The molecule has 0 bridgehead atoms. The number of anilines is 1. The molecule has 1 unspecified atom stereocenters. The van der Waals surface area contributed by atoms with Gasteiger partial charge in [-0.1, -0.05) is 42.5 Å². The largest absolute Gasteiger partial charge is 0.350 e. The fraction of sp³-hybridized carbons (Fsp3) is 0.333. The van der Waals surface area contributed by atoms with Gasteiger partial charge in [0.1, 0.15) is 5.54 Å². The Kier molecular flexibility index (Phi) is 6.99. The first-order chi connectivity index (χ1) is 12.5. The van der Waals surface area contributed by atoms with Crippen LogP contribution in [0.2, 0.25) is 0 Å². The zero-order valence-electron chi connectivity index (χ0n) is 15.5. The Morgan fingerprint density at radius 1 is 1.11 bits per heavy atom. The lowest BCUT2D eigenvalue weighted by Gasteiger charge is -2.27. The number of benzene rings is 2. The van der Waals surface area contributed by atoms with Gasteiger partial charge in [-0.3, -0.25) is 9.59 Å². The van der Waals surface area contributed by atoms with Crippen molar-refractivity contribution in [3.05, 3.63) is 65.7 Å². The van der Waals surface area contributed by atoms with E-state index in [9.17, 15) is 9.59 Å². The summed E-state index contributed by atoms with van der Waals surface area (Å²) in [5, 5.41) is 2.90. The molecule has 0 aliphatic carbocycles. The molecule has 0 radical (unpaired) electrons. The van der Waals surface area contributed by atoms with Crippen molar-refractivity contribution in [2.24, 2.45) is 5.73 Å². The molecule has 6 heteroatoms. The Labute approximate surface area is 166 Å². The van der Waals surface area contributed by atoms with Crippen molar-refractivity contribution in [1.82, 2.24) is 5.32 Å². The molecule has 144 valence electrons. The Hall–Kier alpha value is -2.37. The number of nitrogens with two attached hydrogens (primary N) is 1. The normalized spacial score (nSPS) is 16.2. The molecule has 2 aromatic carbocycles. The highest BCUT2D eigenvalue weighted by Gasteiger charge is 2.30. The second-order valence-electron chi connectivity index (χ2n) is 6.92. The van der Waals surface area contributed by atoms with Crippen molar-refractivity contribution >= 4 is 29.9 Å². The third-order valence-corrected chi connectivity index (χ3v) is 4.87. The van der Waals surface area contributed by atoms with Gasteiger partial charge < -0.3 is 16.0 Å². The standard InChI is InChI=1S/C21H25N3O2.ClH/c1-21(22,17-7-3-2-4-8-17)20(26)23-15-16-10-12-18(13-11-16)24-14-6-5-9-19(24)25;/h2-4,7-8,10-13H,5-6,9,14-15,22H2,1H3,(H,23,26);1H. The average Bonchev–Trinajstić information content (AvgIpc) is 2.67. The Morgan fingerprint density at radius 3 is 2.41 bits per heavy atom. The van der Waals surface area contributed by atoms with Crippen LogP contribution < -0.4 is 16.0 Å². The van der Waals surface area contributed by atoms with Crippen molar-refractivity contribution in [3.8, 4) is 0 Å². The lowest BCUT2D eigenvalue weighted by Crippen LogP contribution is -2.48. The Morgan fingerprint density at radius 2 is 1.78 bits per heavy atom. The molecule has 2 aromatic rings. The summed E-state index contributed by atoms with van der Waals surface area (Å²) < 4.78 is 0. The molecule has 1 fully saturated rings. The predicted octanol–water partition coefficient (Wildman–Crippen LogP) is 3.12. The van der Waals surface area contributed by atoms with Gasteiger partial charge in [-0.05, 0) is 43.0 Å². The first kappa shape index (κ1) is 20.9. The van der Waals surface area contributed by atoms with Crippen LogP contribution in [0.1, 0.15) is 37.3 Å². The minimum Gasteiger partial charge on any atom is -0.350 e. The van der Waals surface area contributed by atoms with Gasteiger partial charge in [0.2, 0.25) is 11.8 Å². The third kappa shape index (κ3) is 4.87. The highest BCUT2D eigenvalue weighted by Crippen LogP contribution is 2.22. The highest BCUT2D eigenvalue weighted by molar-refractivity contribution is 5.94. The third-order valence-electron chi connectivity index (χ3n) is 4.87. The highest BCUT2D eigenvalue weighted by atomic mass is 35.5. The number of nitrogens with zero attached hydrogens (tertiary/aromatic N) is 1. The van der Waals surface area contributed by atoms with Crippen LogP contribution in [0, 0.1) is 0 Å². The van der Waals surface area contributed by atoms with Gasteiger partial charge in [-0.2, -0.15) is 0 Å². The van der Waals surface area contributed by atoms with E-state index in [2.05, 4.69) is 5.32 Å². The van der Waals surface area contributed by atoms with E-state index in [1.807, 2.05) is 59.5 Å². The van der Waals surface area contributed by atoms with E-state index < -0.39 is 5.54 Å². The fourth-order valence-electron chi connectivity index (χ4n) is 3.15. The summed E-state index contributed by atoms with van der Waals surface area (Å²) in [4.78, 5) is 26.3. The van der Waals surface area contributed by atoms with E-state index in [0.29, 0.717) is 13.0 Å². The van der Waals surface area contributed by atoms with Crippen molar-refractivity contribution in [1.29, 1.82) is 0 Å². The zero-order valence-corrected chi connectivity index (χ0v) is 16.3. The topological polar surface area (TPSA) is 75.4 Å². The molecule has 3 N–H and O–H groups in total. The molecule has 2 amide bonds. The van der Waals surface area contributed by atoms with Gasteiger partial charge >= 0.3 is 0 Å². The first-order valence-corrected chi connectivity index (χ1v) is 9.00. The van der Waals surface area contributed by atoms with Gasteiger partial charge in [-0.15, -0.1) is 12.4 Å². The SMILES string of the molecule is CC(N)(C(=O)NCc1ccc(N2CCCCC2=O)cc1)c1ccccc1.Cl. The number of hydrogen-bond donors (Lipinski definition) is 2. The van der Waals surface area contributed by atoms with Crippen LogP contribution in [0.5, 0.6) is 0 Å². The monoisotopic (exact) mass is 387 g/mol. The summed E-state index contributed by atoms with van der Waals surface area (Å²) in [7, 11) is 0. The molecule has 5 nitrogen and oxygen atoms in total. The van der Waals surface area contributed by atoms with E-state index in [-0.39, 0.29) is 24.2 Å². The summed E-state index contributed by atoms with van der Waals surface area (Å²) in [6, 6.07) is 17.1. The van der Waals surface area contributed by atoms with Crippen LogP contribution >= 0.6 is 12.4 Å².